The van der Waals surface area contributed by atoms with Crippen LogP contribution in [0.25, 0.3) is 0 Å². The first-order chi connectivity index (χ1) is 22.9. The van der Waals surface area contributed by atoms with Crippen molar-refractivity contribution in [2.75, 3.05) is 13.4 Å². The zero-order valence-corrected chi connectivity index (χ0v) is 34.0. The van der Waals surface area contributed by atoms with Gasteiger partial charge in [-0.15, -0.1) is 0 Å². The molecular weight excluding hydrogens is 653 g/mol. The number of esters is 1. The van der Waals surface area contributed by atoms with E-state index in [0.717, 1.165) is 63.8 Å². The molecule has 11 heteroatoms. The van der Waals surface area contributed by atoms with Crippen molar-refractivity contribution >= 4 is 34.2 Å². The van der Waals surface area contributed by atoms with Crippen LogP contribution in [0.4, 0.5) is 0 Å². The molecule has 1 aromatic carbocycles. The van der Waals surface area contributed by atoms with E-state index in [0.29, 0.717) is 30.8 Å². The summed E-state index contributed by atoms with van der Waals surface area (Å²) in [5, 5.41) is -0.00890. The third-order valence-electron chi connectivity index (χ3n) is 9.57. The van der Waals surface area contributed by atoms with Crippen LogP contribution in [0.3, 0.4) is 0 Å². The summed E-state index contributed by atoms with van der Waals surface area (Å²) >= 11 is 0. The normalized spacial score (nSPS) is 16.4. The van der Waals surface area contributed by atoms with E-state index < -0.39 is 34.4 Å². The molecule has 0 spiro atoms. The highest BCUT2D eigenvalue weighted by Crippen LogP contribution is 2.38. The van der Waals surface area contributed by atoms with Gasteiger partial charge in [-0.25, -0.2) is 4.79 Å². The molecule has 278 valence electrons. The van der Waals surface area contributed by atoms with Gasteiger partial charge in [-0.2, -0.15) is 0 Å². The van der Waals surface area contributed by atoms with Crippen LogP contribution in [0.15, 0.2) is 36.5 Å². The molecule has 0 saturated heterocycles. The molecule has 1 aliphatic rings. The topological polar surface area (TPSA) is 117 Å². The number of unbranched alkanes of at least 4 members (excludes halogenated alkanes) is 5. The third kappa shape index (κ3) is 15.5. The zero-order valence-electron chi connectivity index (χ0n) is 32.0. The average Bonchev–Trinajstić information content (AvgIpc) is 3.51. The number of carbonyl (C=O) groups is 3. The average molecular weight is 719 g/mol. The van der Waals surface area contributed by atoms with Gasteiger partial charge in [-0.1, -0.05) is 91.6 Å². The third-order valence-corrected chi connectivity index (χ3v) is 15.8. The molecule has 1 heterocycles. The van der Waals surface area contributed by atoms with E-state index in [4.69, 9.17) is 24.4 Å². The van der Waals surface area contributed by atoms with E-state index >= 15 is 0 Å². The second-order valence-corrected chi connectivity index (χ2v) is 26.6. The molecular formula is C38H66N2O7Si2. The van der Waals surface area contributed by atoms with E-state index in [1.54, 1.807) is 30.5 Å². The number of benzene rings is 1. The number of ether oxygens (including phenoxy) is 3. The van der Waals surface area contributed by atoms with Crippen molar-refractivity contribution in [2.24, 2.45) is 5.73 Å². The van der Waals surface area contributed by atoms with Gasteiger partial charge in [0.1, 0.15) is 24.0 Å². The van der Waals surface area contributed by atoms with E-state index in [2.05, 4.69) is 60.4 Å². The monoisotopic (exact) mass is 718 g/mol. The van der Waals surface area contributed by atoms with E-state index in [-0.39, 0.29) is 29.8 Å². The molecule has 0 fully saturated rings. The van der Waals surface area contributed by atoms with Crippen molar-refractivity contribution in [3.63, 3.8) is 0 Å². The molecule has 3 atom stereocenters. The summed E-state index contributed by atoms with van der Waals surface area (Å²) < 4.78 is 23.9. The highest BCUT2D eigenvalue weighted by atomic mass is 28.4. The fraction of sp³-hybridized carbons (Fsp3) is 0.711. The Hall–Kier alpha value is -2.48. The highest BCUT2D eigenvalue weighted by molar-refractivity contribution is 6.76. The quantitative estimate of drug-likeness (QED) is 0.0520. The summed E-state index contributed by atoms with van der Waals surface area (Å²) in [5.41, 5.74) is 6.16. The molecule has 0 bridgehead atoms. The van der Waals surface area contributed by atoms with Crippen LogP contribution in [0.2, 0.25) is 43.8 Å². The van der Waals surface area contributed by atoms with Gasteiger partial charge in [-0.3, -0.25) is 9.59 Å². The van der Waals surface area contributed by atoms with Gasteiger partial charge >= 0.3 is 5.97 Å². The van der Waals surface area contributed by atoms with Crippen molar-refractivity contribution in [3.05, 3.63) is 42.1 Å². The second kappa shape index (κ2) is 20.4. The number of nitrogens with two attached hydrogens (primary N) is 1. The summed E-state index contributed by atoms with van der Waals surface area (Å²) in [6.45, 7) is 20.6. The van der Waals surface area contributed by atoms with Crippen LogP contribution in [-0.2, 0) is 23.5 Å². The van der Waals surface area contributed by atoms with E-state index in [1.165, 1.54) is 4.90 Å². The lowest BCUT2D eigenvalue weighted by Gasteiger charge is -2.38. The first kappa shape index (κ1) is 42.7. The minimum Gasteiger partial charge on any atom is -0.468 e. The maximum absolute atomic E-state index is 13.6. The first-order valence-electron chi connectivity index (χ1n) is 18.4. The van der Waals surface area contributed by atoms with Crippen molar-refractivity contribution in [1.29, 1.82) is 0 Å². The number of hydrogen-bond donors (Lipinski definition) is 1. The Labute approximate surface area is 298 Å². The highest BCUT2D eigenvalue weighted by Gasteiger charge is 2.40. The molecule has 49 heavy (non-hydrogen) atoms. The molecule has 1 aromatic rings. The Balaban J connectivity index is 1.95. The van der Waals surface area contributed by atoms with Crippen LogP contribution in [0, 0.1) is 0 Å². The summed E-state index contributed by atoms with van der Waals surface area (Å²) in [7, 11) is -3.31. The van der Waals surface area contributed by atoms with E-state index in [9.17, 15) is 14.4 Å². The molecule has 9 nitrogen and oxygen atoms in total. The number of carbonyl (C=O) groups excluding carboxylic acids is 3. The van der Waals surface area contributed by atoms with E-state index in [1.807, 2.05) is 6.08 Å². The Morgan fingerprint density at radius 3 is 2.22 bits per heavy atom. The predicted octanol–water partition coefficient (Wildman–Crippen LogP) is 8.81. The first-order valence-corrected chi connectivity index (χ1v) is 25.0. The molecule has 0 saturated carbocycles. The zero-order chi connectivity index (χ0) is 36.7. The molecule has 0 aliphatic carbocycles. The number of primary amides is 1. The standard InChI is InChI=1S/C38H66N2O7Si2/c1-10-11-12-14-20-31(21-15-13-16-24-34(35(39)41)47-49(8,9)38(2,3)4)46-37(43)33-23-18-25-40(33)36(42)30-19-17-22-32(28-30)45-29-44-26-27-48(5,6)7/h17-19,22,25,28,31,33-34H,10-16,20-21,23-24,26-27,29H2,1-9H3,(H2,39,41)/t31-,33+,34-/m1/s1. The Kier molecular flexibility index (Phi) is 17.8. The summed E-state index contributed by atoms with van der Waals surface area (Å²) in [6.07, 6.45) is 12.1. The molecule has 0 aromatic heterocycles. The molecule has 0 unspecified atom stereocenters. The molecule has 2 rings (SSSR count). The molecule has 2 N–H and O–H groups in total. The van der Waals surface area contributed by atoms with Crippen LogP contribution >= 0.6 is 0 Å². The molecule has 1 aliphatic heterocycles. The van der Waals surface area contributed by atoms with Crippen molar-refractivity contribution < 1.29 is 33.0 Å². The lowest BCUT2D eigenvalue weighted by molar-refractivity contribution is -0.154. The smallest absolute Gasteiger partial charge is 0.329 e. The Morgan fingerprint density at radius 2 is 1.61 bits per heavy atom. The molecule has 0 radical (unpaired) electrons. The Bertz CT molecular complexity index is 1210. The van der Waals surface area contributed by atoms with Gasteiger partial charge in [0.15, 0.2) is 15.1 Å². The van der Waals surface area contributed by atoms with Gasteiger partial charge in [0, 0.05) is 26.4 Å². The number of hydrogen-bond acceptors (Lipinski definition) is 7. The summed E-state index contributed by atoms with van der Waals surface area (Å²) in [6, 6.07) is 7.33. The maximum Gasteiger partial charge on any atom is 0.329 e. The SMILES string of the molecule is CCCCCC[C@H](CCCCC[C@@H](O[Si](C)(C)C(C)(C)C)C(N)=O)OC(=O)[C@@H]1CC=CN1C(=O)c1cccc(OCOCC[Si](C)(C)C)c1. The van der Waals surface area contributed by atoms with Crippen molar-refractivity contribution in [3.8, 4) is 5.75 Å². The van der Waals surface area contributed by atoms with Crippen LogP contribution in [0.1, 0.15) is 109 Å². The van der Waals surface area contributed by atoms with Gasteiger partial charge in [0.2, 0.25) is 5.91 Å². The van der Waals surface area contributed by atoms with Crippen molar-refractivity contribution in [2.45, 2.75) is 160 Å². The summed E-state index contributed by atoms with van der Waals surface area (Å²) in [5.74, 6) is -0.511. The second-order valence-electron chi connectivity index (χ2n) is 16.2. The van der Waals surface area contributed by atoms with Gasteiger partial charge in [-0.05, 0) is 80.9 Å². The minimum atomic E-state index is -2.12. The molecule has 2 amide bonds. The predicted molar refractivity (Wildman–Crippen MR) is 203 cm³/mol. The largest absolute Gasteiger partial charge is 0.468 e. The number of rotatable bonds is 23. The lowest BCUT2D eigenvalue weighted by Crippen LogP contribution is -2.47. The minimum absolute atomic E-state index is 0.00890. The fourth-order valence-corrected chi connectivity index (χ4v) is 7.38. The van der Waals surface area contributed by atoms with Gasteiger partial charge in [0.05, 0.1) is 0 Å². The van der Waals surface area contributed by atoms with Crippen molar-refractivity contribution in [1.82, 2.24) is 4.90 Å². The van der Waals surface area contributed by atoms with Crippen LogP contribution < -0.4 is 10.5 Å². The number of amides is 2. The number of nitrogens with zero attached hydrogens (tertiary/aromatic N) is 1. The summed E-state index contributed by atoms with van der Waals surface area (Å²) in [4.78, 5) is 40.8. The lowest BCUT2D eigenvalue weighted by atomic mass is 10.0. The maximum atomic E-state index is 13.6. The fourth-order valence-electron chi connectivity index (χ4n) is 5.33. The van der Waals surface area contributed by atoms with Gasteiger partial charge in [0.25, 0.3) is 5.91 Å². The van der Waals surface area contributed by atoms with Gasteiger partial charge < -0.3 is 29.3 Å². The Morgan fingerprint density at radius 1 is 0.959 bits per heavy atom. The van der Waals surface area contributed by atoms with Crippen LogP contribution in [-0.4, -0.2) is 70.7 Å². The van der Waals surface area contributed by atoms with Crippen LogP contribution in [0.5, 0.6) is 5.75 Å².